The van der Waals surface area contributed by atoms with E-state index >= 15 is 0 Å². The zero-order valence-corrected chi connectivity index (χ0v) is 16.5. The van der Waals surface area contributed by atoms with E-state index in [1.165, 1.54) is 5.56 Å². The van der Waals surface area contributed by atoms with Crippen molar-refractivity contribution in [3.63, 3.8) is 0 Å². The fourth-order valence-electron chi connectivity index (χ4n) is 2.96. The van der Waals surface area contributed by atoms with Gasteiger partial charge in [0.05, 0.1) is 19.4 Å². The van der Waals surface area contributed by atoms with Gasteiger partial charge in [-0.3, -0.25) is 10.2 Å². The van der Waals surface area contributed by atoms with Crippen molar-refractivity contribution in [2.24, 2.45) is 5.10 Å². The molecule has 1 saturated heterocycles. The van der Waals surface area contributed by atoms with Gasteiger partial charge in [-0.15, -0.1) is 0 Å². The van der Waals surface area contributed by atoms with Crippen molar-refractivity contribution in [1.29, 1.82) is 0 Å². The first-order chi connectivity index (χ1) is 13.6. The number of anilines is 2. The molecule has 0 unspecified atom stereocenters. The van der Waals surface area contributed by atoms with E-state index in [0.717, 1.165) is 24.5 Å². The highest BCUT2D eigenvalue weighted by atomic mass is 16.5. The first-order valence-electron chi connectivity index (χ1n) is 9.72. The van der Waals surface area contributed by atoms with E-state index in [1.807, 2.05) is 38.1 Å². The molecule has 0 amide bonds. The molecule has 1 N–H and O–H groups in total. The molecule has 1 fully saturated rings. The number of hydrogen-bond donors (Lipinski definition) is 1. The second-order valence-electron chi connectivity index (χ2n) is 6.80. The molecule has 148 valence electrons. The summed E-state index contributed by atoms with van der Waals surface area (Å²) in [5.74, 6) is 2.33. The average molecular weight is 381 g/mol. The molecule has 0 spiro atoms. The number of hydrazone groups is 1. The van der Waals surface area contributed by atoms with Crippen LogP contribution in [-0.2, 0) is 16.0 Å². The summed E-state index contributed by atoms with van der Waals surface area (Å²) in [5, 5.41) is 4.32. The molecule has 0 atom stereocenters. The number of ether oxygens (including phenoxy) is 1. The summed E-state index contributed by atoms with van der Waals surface area (Å²) in [4.78, 5) is 23.1. The van der Waals surface area contributed by atoms with Crippen LogP contribution in [0.3, 0.4) is 0 Å². The van der Waals surface area contributed by atoms with Crippen molar-refractivity contribution in [2.75, 3.05) is 36.6 Å². The average Bonchev–Trinajstić information content (AvgIpc) is 2.72. The topological polar surface area (TPSA) is 79.7 Å². The van der Waals surface area contributed by atoms with Crippen molar-refractivity contribution in [3.8, 4) is 0 Å². The van der Waals surface area contributed by atoms with Gasteiger partial charge in [0.1, 0.15) is 17.4 Å². The standard InChI is InChI=1S/C21H27N5O2/c1-3-18(27)7-8-19-23-20(14-21(24-19)26-9-11-28-12-10-26)25-22-15-17-6-4-5-16(2)13-17/h4-6,13-15H,3,7-12H2,1-2H3,(H,23,24,25)/b22-15+. The minimum Gasteiger partial charge on any atom is -0.378 e. The summed E-state index contributed by atoms with van der Waals surface area (Å²) in [6.07, 6.45) is 3.29. The molecular formula is C21H27N5O2. The Morgan fingerprint density at radius 2 is 2.11 bits per heavy atom. The van der Waals surface area contributed by atoms with Crippen LogP contribution >= 0.6 is 0 Å². The van der Waals surface area contributed by atoms with E-state index in [1.54, 1.807) is 6.21 Å². The minimum absolute atomic E-state index is 0.215. The Bertz CT molecular complexity index is 831. The maximum atomic E-state index is 11.7. The summed E-state index contributed by atoms with van der Waals surface area (Å²) in [6.45, 7) is 6.87. The van der Waals surface area contributed by atoms with Crippen molar-refractivity contribution in [3.05, 3.63) is 47.3 Å². The second-order valence-corrected chi connectivity index (χ2v) is 6.80. The molecule has 0 bridgehead atoms. The molecule has 1 aliphatic rings. The van der Waals surface area contributed by atoms with Gasteiger partial charge in [-0.1, -0.05) is 36.8 Å². The highest BCUT2D eigenvalue weighted by molar-refractivity contribution is 5.80. The number of morpholine rings is 1. The molecule has 0 radical (unpaired) electrons. The lowest BCUT2D eigenvalue weighted by Gasteiger charge is -2.28. The summed E-state index contributed by atoms with van der Waals surface area (Å²) in [7, 11) is 0. The van der Waals surface area contributed by atoms with Gasteiger partial charge in [0.25, 0.3) is 0 Å². The zero-order chi connectivity index (χ0) is 19.8. The molecule has 1 aromatic carbocycles. The first-order valence-corrected chi connectivity index (χ1v) is 9.72. The summed E-state index contributed by atoms with van der Waals surface area (Å²) in [6, 6.07) is 10.0. The molecule has 3 rings (SSSR count). The predicted molar refractivity (Wildman–Crippen MR) is 111 cm³/mol. The molecular weight excluding hydrogens is 354 g/mol. The number of ketones is 1. The van der Waals surface area contributed by atoms with Crippen LogP contribution in [0.4, 0.5) is 11.6 Å². The Morgan fingerprint density at radius 1 is 1.29 bits per heavy atom. The zero-order valence-electron chi connectivity index (χ0n) is 16.5. The maximum absolute atomic E-state index is 11.7. The Morgan fingerprint density at radius 3 is 2.86 bits per heavy atom. The van der Waals surface area contributed by atoms with Crippen LogP contribution in [0.15, 0.2) is 35.4 Å². The smallest absolute Gasteiger partial charge is 0.152 e. The number of rotatable bonds is 8. The fraction of sp³-hybridized carbons (Fsp3) is 0.429. The summed E-state index contributed by atoms with van der Waals surface area (Å²) < 4.78 is 5.43. The second kappa shape index (κ2) is 9.94. The van der Waals surface area contributed by atoms with E-state index in [9.17, 15) is 4.79 Å². The number of aryl methyl sites for hydroxylation is 2. The van der Waals surface area contributed by atoms with Gasteiger partial charge in [-0.05, 0) is 12.5 Å². The Balaban J connectivity index is 1.76. The van der Waals surface area contributed by atoms with Gasteiger partial charge >= 0.3 is 0 Å². The van der Waals surface area contributed by atoms with E-state index < -0.39 is 0 Å². The number of Topliss-reactive ketones (excluding diaryl/α,β-unsaturated/α-hetero) is 1. The van der Waals surface area contributed by atoms with E-state index in [0.29, 0.717) is 44.1 Å². The first kappa shape index (κ1) is 19.9. The number of hydrogen-bond acceptors (Lipinski definition) is 7. The van der Waals surface area contributed by atoms with Crippen LogP contribution in [0.25, 0.3) is 0 Å². The number of nitrogens with one attached hydrogen (secondary N) is 1. The van der Waals surface area contributed by atoms with Gasteiger partial charge in [0.15, 0.2) is 5.82 Å². The quantitative estimate of drug-likeness (QED) is 0.559. The molecule has 7 nitrogen and oxygen atoms in total. The van der Waals surface area contributed by atoms with Gasteiger partial charge in [-0.25, -0.2) is 9.97 Å². The maximum Gasteiger partial charge on any atom is 0.152 e. The van der Waals surface area contributed by atoms with Gasteiger partial charge in [0.2, 0.25) is 0 Å². The van der Waals surface area contributed by atoms with Crippen LogP contribution in [0.1, 0.15) is 36.7 Å². The van der Waals surface area contributed by atoms with Crippen LogP contribution in [-0.4, -0.2) is 48.3 Å². The van der Waals surface area contributed by atoms with Crippen molar-refractivity contribution in [2.45, 2.75) is 33.1 Å². The molecule has 2 heterocycles. The molecule has 7 heteroatoms. The molecule has 1 aliphatic heterocycles. The largest absolute Gasteiger partial charge is 0.378 e. The number of carbonyl (C=O) groups excluding carboxylic acids is 1. The summed E-state index contributed by atoms with van der Waals surface area (Å²) >= 11 is 0. The van der Waals surface area contributed by atoms with E-state index in [2.05, 4.69) is 31.5 Å². The summed E-state index contributed by atoms with van der Waals surface area (Å²) in [5.41, 5.74) is 5.21. The normalized spacial score (nSPS) is 14.4. The van der Waals surface area contributed by atoms with Crippen LogP contribution in [0, 0.1) is 6.92 Å². The number of aromatic nitrogens is 2. The predicted octanol–water partition coefficient (Wildman–Crippen LogP) is 2.98. The molecule has 0 aliphatic carbocycles. The lowest BCUT2D eigenvalue weighted by Crippen LogP contribution is -2.37. The third-order valence-corrected chi connectivity index (χ3v) is 4.55. The molecule has 28 heavy (non-hydrogen) atoms. The highest BCUT2D eigenvalue weighted by Gasteiger charge is 2.15. The monoisotopic (exact) mass is 381 g/mol. The van der Waals surface area contributed by atoms with Gasteiger partial charge in [0, 0.05) is 38.4 Å². The van der Waals surface area contributed by atoms with E-state index in [4.69, 9.17) is 4.74 Å². The van der Waals surface area contributed by atoms with Crippen LogP contribution < -0.4 is 10.3 Å². The SMILES string of the molecule is CCC(=O)CCc1nc(N/N=C/c2cccc(C)c2)cc(N2CCOCC2)n1. The van der Waals surface area contributed by atoms with E-state index in [-0.39, 0.29) is 5.78 Å². The third kappa shape index (κ3) is 5.85. The number of benzene rings is 1. The molecule has 0 saturated carbocycles. The van der Waals surface area contributed by atoms with Crippen molar-refractivity contribution >= 4 is 23.6 Å². The Hall–Kier alpha value is -2.80. The highest BCUT2D eigenvalue weighted by Crippen LogP contribution is 2.18. The molecule has 2 aromatic rings. The lowest BCUT2D eigenvalue weighted by molar-refractivity contribution is -0.118. The lowest BCUT2D eigenvalue weighted by atomic mass is 10.2. The van der Waals surface area contributed by atoms with Gasteiger partial charge in [-0.2, -0.15) is 5.10 Å². The third-order valence-electron chi connectivity index (χ3n) is 4.55. The number of carbonyl (C=O) groups is 1. The van der Waals surface area contributed by atoms with Crippen molar-refractivity contribution < 1.29 is 9.53 Å². The van der Waals surface area contributed by atoms with Gasteiger partial charge < -0.3 is 9.64 Å². The molecule has 1 aromatic heterocycles. The number of nitrogens with zero attached hydrogens (tertiary/aromatic N) is 4. The Kier molecular flexibility index (Phi) is 7.08. The van der Waals surface area contributed by atoms with Crippen LogP contribution in [0.2, 0.25) is 0 Å². The Labute approximate surface area is 165 Å². The van der Waals surface area contributed by atoms with Crippen molar-refractivity contribution in [1.82, 2.24) is 9.97 Å². The minimum atomic E-state index is 0.215. The van der Waals surface area contributed by atoms with Crippen LogP contribution in [0.5, 0.6) is 0 Å². The fourth-order valence-corrected chi connectivity index (χ4v) is 2.96.